The Balaban J connectivity index is 1.71. The molecule has 8 nitrogen and oxygen atoms in total. The molecule has 1 fully saturated rings. The minimum atomic E-state index is 0.0532. The van der Waals surface area contributed by atoms with Gasteiger partial charge in [-0.2, -0.15) is 5.10 Å². The van der Waals surface area contributed by atoms with Gasteiger partial charge >= 0.3 is 0 Å². The van der Waals surface area contributed by atoms with E-state index in [0.717, 1.165) is 52.1 Å². The molecule has 3 heterocycles. The summed E-state index contributed by atoms with van der Waals surface area (Å²) in [5, 5.41) is 22.2. The van der Waals surface area contributed by atoms with E-state index in [9.17, 15) is 5.11 Å². The Bertz CT molecular complexity index is 985. The highest BCUT2D eigenvalue weighted by atomic mass is 16.5. The Hall–Kier alpha value is -2.42. The van der Waals surface area contributed by atoms with Crippen LogP contribution in [0.1, 0.15) is 11.3 Å². The first-order valence-corrected chi connectivity index (χ1v) is 9.62. The zero-order valence-electron chi connectivity index (χ0n) is 16.6. The maximum Gasteiger partial charge on any atom is 0.183 e. The number of β-amino-alcohol motifs (C(OH)–C–C–N with tert-alkyl or cyclic N) is 1. The van der Waals surface area contributed by atoms with Gasteiger partial charge in [0.1, 0.15) is 5.75 Å². The molecule has 1 aliphatic rings. The number of pyridine rings is 1. The van der Waals surface area contributed by atoms with E-state index in [2.05, 4.69) is 20.4 Å². The summed E-state index contributed by atoms with van der Waals surface area (Å²) < 4.78 is 11.4. The molecule has 8 heteroatoms. The summed E-state index contributed by atoms with van der Waals surface area (Å²) in [6, 6.07) is 4.00. The molecule has 150 valence electrons. The molecular weight excluding hydrogens is 358 g/mol. The van der Waals surface area contributed by atoms with Gasteiger partial charge in [-0.05, 0) is 31.5 Å². The average molecular weight is 385 g/mol. The topological polar surface area (TPSA) is 95.5 Å². The Morgan fingerprint density at radius 3 is 3.04 bits per heavy atom. The lowest BCUT2D eigenvalue weighted by Gasteiger charge is -2.32. The molecule has 1 atom stereocenters. The molecule has 2 aromatic heterocycles. The van der Waals surface area contributed by atoms with Gasteiger partial charge in [0.05, 0.1) is 43.0 Å². The summed E-state index contributed by atoms with van der Waals surface area (Å²) in [4.78, 5) is 6.99. The number of H-pyrrole nitrogens is 1. The fourth-order valence-corrected chi connectivity index (χ4v) is 3.89. The molecule has 0 aliphatic carbocycles. The van der Waals surface area contributed by atoms with Crippen molar-refractivity contribution in [1.82, 2.24) is 20.1 Å². The number of aromatic amines is 1. The number of nitrogens with one attached hydrogen (secondary N) is 2. The van der Waals surface area contributed by atoms with Crippen LogP contribution < -0.4 is 10.1 Å². The number of nitrogens with zero attached hydrogens (tertiary/aromatic N) is 3. The van der Waals surface area contributed by atoms with Crippen molar-refractivity contribution in [2.45, 2.75) is 20.0 Å². The second-order valence-electron chi connectivity index (χ2n) is 7.27. The SMILES string of the molecule is COc1cc(C)c2nc3n[nH]c(C)c3c(NCC3CN(CCO)CCO3)c2c1. The highest BCUT2D eigenvalue weighted by Gasteiger charge is 2.22. The van der Waals surface area contributed by atoms with Crippen LogP contribution in [0.3, 0.4) is 0 Å². The molecule has 0 spiro atoms. The van der Waals surface area contributed by atoms with Crippen molar-refractivity contribution in [3.63, 3.8) is 0 Å². The van der Waals surface area contributed by atoms with Gasteiger partial charge in [-0.3, -0.25) is 10.00 Å². The van der Waals surface area contributed by atoms with Crippen LogP contribution in [0, 0.1) is 13.8 Å². The first kappa shape index (κ1) is 18.9. The van der Waals surface area contributed by atoms with Crippen LogP contribution in [0.5, 0.6) is 5.75 Å². The highest BCUT2D eigenvalue weighted by Crippen LogP contribution is 2.35. The van der Waals surface area contributed by atoms with E-state index in [4.69, 9.17) is 14.5 Å². The minimum Gasteiger partial charge on any atom is -0.497 e. The lowest BCUT2D eigenvalue weighted by Crippen LogP contribution is -2.46. The highest BCUT2D eigenvalue weighted by molar-refractivity contribution is 6.08. The van der Waals surface area contributed by atoms with Crippen LogP contribution in [0.4, 0.5) is 5.69 Å². The van der Waals surface area contributed by atoms with Gasteiger partial charge in [0, 0.05) is 37.3 Å². The number of ether oxygens (including phenoxy) is 2. The number of aryl methyl sites for hydroxylation is 2. The number of aliphatic hydroxyl groups is 1. The van der Waals surface area contributed by atoms with E-state index in [1.807, 2.05) is 26.0 Å². The van der Waals surface area contributed by atoms with Gasteiger partial charge in [-0.25, -0.2) is 4.98 Å². The molecule has 3 aromatic rings. The average Bonchev–Trinajstić information content (AvgIpc) is 3.07. The third-order valence-corrected chi connectivity index (χ3v) is 5.32. The number of hydrogen-bond donors (Lipinski definition) is 3. The van der Waals surface area contributed by atoms with E-state index in [1.54, 1.807) is 7.11 Å². The lowest BCUT2D eigenvalue weighted by molar-refractivity contribution is -0.0250. The standard InChI is InChI=1S/C20H27N5O3/c1-12-8-14(27-3)9-16-18(12)22-20-17(13(2)23-24-20)19(16)21-10-15-11-25(4-6-26)5-7-28-15/h8-9,15,26H,4-7,10-11H2,1-3H3,(H2,21,22,23,24). The zero-order chi connectivity index (χ0) is 19.7. The molecule has 1 aliphatic heterocycles. The number of fused-ring (bicyclic) bond motifs is 2. The number of methoxy groups -OCH3 is 1. The Morgan fingerprint density at radius 1 is 1.39 bits per heavy atom. The van der Waals surface area contributed by atoms with Crippen molar-refractivity contribution in [1.29, 1.82) is 0 Å². The Morgan fingerprint density at radius 2 is 2.25 bits per heavy atom. The molecule has 1 saturated heterocycles. The fourth-order valence-electron chi connectivity index (χ4n) is 3.89. The van der Waals surface area contributed by atoms with Gasteiger partial charge in [-0.1, -0.05) is 0 Å². The number of aromatic nitrogens is 3. The first-order chi connectivity index (χ1) is 13.6. The number of anilines is 1. The summed E-state index contributed by atoms with van der Waals surface area (Å²) in [5.74, 6) is 0.804. The first-order valence-electron chi connectivity index (χ1n) is 9.62. The van der Waals surface area contributed by atoms with Crippen molar-refractivity contribution in [2.75, 3.05) is 51.8 Å². The van der Waals surface area contributed by atoms with Crippen LogP contribution in [0.25, 0.3) is 21.9 Å². The van der Waals surface area contributed by atoms with E-state index in [-0.39, 0.29) is 12.7 Å². The lowest BCUT2D eigenvalue weighted by atomic mass is 10.1. The predicted octanol–water partition coefficient (Wildman–Crippen LogP) is 1.84. The van der Waals surface area contributed by atoms with Gasteiger partial charge in [0.25, 0.3) is 0 Å². The molecule has 3 N–H and O–H groups in total. The number of morpholine rings is 1. The van der Waals surface area contributed by atoms with Crippen LogP contribution in [-0.4, -0.2) is 77.8 Å². The van der Waals surface area contributed by atoms with Gasteiger partial charge in [0.2, 0.25) is 0 Å². The van der Waals surface area contributed by atoms with E-state index in [0.29, 0.717) is 25.3 Å². The van der Waals surface area contributed by atoms with Crippen LogP contribution in [-0.2, 0) is 4.74 Å². The van der Waals surface area contributed by atoms with Gasteiger partial charge < -0.3 is 19.9 Å². The van der Waals surface area contributed by atoms with Crippen molar-refractivity contribution in [2.24, 2.45) is 0 Å². The molecule has 0 saturated carbocycles. The predicted molar refractivity (Wildman–Crippen MR) is 109 cm³/mol. The molecule has 4 rings (SSSR count). The number of benzene rings is 1. The minimum absolute atomic E-state index is 0.0532. The molecule has 0 amide bonds. The van der Waals surface area contributed by atoms with Crippen molar-refractivity contribution in [3.8, 4) is 5.75 Å². The monoisotopic (exact) mass is 385 g/mol. The van der Waals surface area contributed by atoms with Gasteiger partial charge in [0.15, 0.2) is 5.65 Å². The Labute approximate surface area is 163 Å². The Kier molecular flexibility index (Phi) is 5.34. The molecule has 0 bridgehead atoms. The van der Waals surface area contributed by atoms with E-state index < -0.39 is 0 Å². The normalized spacial score (nSPS) is 18.1. The number of hydrogen-bond acceptors (Lipinski definition) is 7. The summed E-state index contributed by atoms with van der Waals surface area (Å²) in [6.45, 7) is 7.88. The summed E-state index contributed by atoms with van der Waals surface area (Å²) in [5.41, 5.74) is 4.62. The summed E-state index contributed by atoms with van der Waals surface area (Å²) in [7, 11) is 1.67. The second-order valence-corrected chi connectivity index (χ2v) is 7.27. The third-order valence-electron chi connectivity index (χ3n) is 5.32. The fraction of sp³-hybridized carbons (Fsp3) is 0.500. The van der Waals surface area contributed by atoms with Crippen molar-refractivity contribution >= 4 is 27.6 Å². The van der Waals surface area contributed by atoms with Crippen LogP contribution in [0.15, 0.2) is 12.1 Å². The van der Waals surface area contributed by atoms with E-state index in [1.165, 1.54) is 0 Å². The molecule has 1 aromatic carbocycles. The number of rotatable bonds is 6. The zero-order valence-corrected chi connectivity index (χ0v) is 16.6. The van der Waals surface area contributed by atoms with E-state index >= 15 is 0 Å². The quantitative estimate of drug-likeness (QED) is 0.596. The smallest absolute Gasteiger partial charge is 0.183 e. The number of aliphatic hydroxyl groups excluding tert-OH is 1. The van der Waals surface area contributed by atoms with Gasteiger partial charge in [-0.15, -0.1) is 0 Å². The summed E-state index contributed by atoms with van der Waals surface area (Å²) in [6.07, 6.45) is 0.0532. The third kappa shape index (κ3) is 3.50. The van der Waals surface area contributed by atoms with Crippen molar-refractivity contribution in [3.05, 3.63) is 23.4 Å². The van der Waals surface area contributed by atoms with Crippen LogP contribution in [0.2, 0.25) is 0 Å². The second kappa shape index (κ2) is 7.90. The molecular formula is C20H27N5O3. The largest absolute Gasteiger partial charge is 0.497 e. The maximum absolute atomic E-state index is 9.20. The molecule has 0 radical (unpaired) electrons. The van der Waals surface area contributed by atoms with Crippen molar-refractivity contribution < 1.29 is 14.6 Å². The molecule has 28 heavy (non-hydrogen) atoms. The molecule has 1 unspecified atom stereocenters. The summed E-state index contributed by atoms with van der Waals surface area (Å²) >= 11 is 0. The maximum atomic E-state index is 9.20. The van der Waals surface area contributed by atoms with Crippen LogP contribution >= 0.6 is 0 Å².